The zero-order chi connectivity index (χ0) is 13.2. The zero-order valence-electron chi connectivity index (χ0n) is 9.06. The van der Waals surface area contributed by atoms with E-state index < -0.39 is 15.8 Å². The molecule has 0 aliphatic carbocycles. The fourth-order valence-corrected chi connectivity index (χ4v) is 3.63. The van der Waals surface area contributed by atoms with Crippen molar-refractivity contribution in [2.75, 3.05) is 0 Å². The number of thiophene rings is 1. The van der Waals surface area contributed by atoms with Crippen LogP contribution in [-0.2, 0) is 16.6 Å². The third kappa shape index (κ3) is 3.17. The van der Waals surface area contributed by atoms with Crippen molar-refractivity contribution in [2.45, 2.75) is 11.4 Å². The second kappa shape index (κ2) is 5.48. The van der Waals surface area contributed by atoms with Crippen LogP contribution in [0.5, 0.6) is 0 Å². The minimum atomic E-state index is -3.84. The van der Waals surface area contributed by atoms with E-state index in [1.807, 2.05) is 16.8 Å². The minimum absolute atomic E-state index is 0.151. The maximum absolute atomic E-state index is 13.5. The van der Waals surface area contributed by atoms with Crippen LogP contribution in [0.2, 0.25) is 0 Å². The van der Waals surface area contributed by atoms with Gasteiger partial charge in [-0.05, 0) is 40.6 Å². The summed E-state index contributed by atoms with van der Waals surface area (Å²) in [4.78, 5) is -0.355. The van der Waals surface area contributed by atoms with Crippen LogP contribution >= 0.6 is 27.3 Å². The number of hydrogen-bond acceptors (Lipinski definition) is 3. The summed E-state index contributed by atoms with van der Waals surface area (Å²) in [6.45, 7) is 0.151. The Hall–Kier alpha value is -0.760. The average Bonchev–Trinajstić information content (AvgIpc) is 2.83. The predicted molar refractivity (Wildman–Crippen MR) is 72.4 cm³/mol. The monoisotopic (exact) mass is 349 g/mol. The van der Waals surface area contributed by atoms with Gasteiger partial charge in [0.05, 0.1) is 0 Å². The zero-order valence-corrected chi connectivity index (χ0v) is 12.3. The molecular weight excluding hydrogens is 341 g/mol. The van der Waals surface area contributed by atoms with Crippen molar-refractivity contribution in [3.05, 3.63) is 50.9 Å². The van der Waals surface area contributed by atoms with E-state index in [0.29, 0.717) is 4.47 Å². The van der Waals surface area contributed by atoms with E-state index in [1.54, 1.807) is 0 Å². The van der Waals surface area contributed by atoms with Gasteiger partial charge in [-0.25, -0.2) is 17.5 Å². The Balaban J connectivity index is 2.22. The van der Waals surface area contributed by atoms with Crippen molar-refractivity contribution < 1.29 is 12.8 Å². The fourth-order valence-electron chi connectivity index (χ4n) is 1.33. The lowest BCUT2D eigenvalue weighted by Gasteiger charge is -2.07. The smallest absolute Gasteiger partial charge is 0.207 e. The maximum atomic E-state index is 13.5. The molecule has 2 aromatic rings. The van der Waals surface area contributed by atoms with Gasteiger partial charge < -0.3 is 0 Å². The molecule has 1 N–H and O–H groups in total. The lowest BCUT2D eigenvalue weighted by Crippen LogP contribution is -2.24. The van der Waals surface area contributed by atoms with E-state index in [4.69, 9.17) is 0 Å². The number of rotatable bonds is 4. The highest BCUT2D eigenvalue weighted by Gasteiger charge is 2.19. The van der Waals surface area contributed by atoms with Gasteiger partial charge in [0.15, 0.2) is 0 Å². The van der Waals surface area contributed by atoms with Crippen molar-refractivity contribution in [1.82, 2.24) is 4.72 Å². The first-order chi connectivity index (χ1) is 8.49. The van der Waals surface area contributed by atoms with Crippen LogP contribution in [0.25, 0.3) is 0 Å². The van der Waals surface area contributed by atoms with E-state index in [-0.39, 0.29) is 11.4 Å². The largest absolute Gasteiger partial charge is 0.243 e. The number of nitrogens with one attached hydrogen (secondary N) is 1. The first kappa shape index (κ1) is 13.7. The highest BCUT2D eigenvalue weighted by atomic mass is 79.9. The summed E-state index contributed by atoms with van der Waals surface area (Å²) in [6, 6.07) is 5.62. The third-order valence-electron chi connectivity index (χ3n) is 2.23. The van der Waals surface area contributed by atoms with Gasteiger partial charge in [0.1, 0.15) is 10.7 Å². The first-order valence-electron chi connectivity index (χ1n) is 4.95. The lowest BCUT2D eigenvalue weighted by atomic mass is 10.3. The van der Waals surface area contributed by atoms with Gasteiger partial charge in [0, 0.05) is 11.0 Å². The number of halogens is 2. The predicted octanol–water partition coefficient (Wildman–Crippen LogP) is 3.13. The minimum Gasteiger partial charge on any atom is -0.207 e. The molecule has 0 fully saturated rings. The molecule has 0 aliphatic heterocycles. The summed E-state index contributed by atoms with van der Waals surface area (Å²) in [5.74, 6) is -0.768. The summed E-state index contributed by atoms with van der Waals surface area (Å²) in [5, 5.41) is 3.68. The molecule has 0 unspecified atom stereocenters. The highest BCUT2D eigenvalue weighted by Crippen LogP contribution is 2.20. The highest BCUT2D eigenvalue weighted by molar-refractivity contribution is 9.10. The summed E-state index contributed by atoms with van der Waals surface area (Å²) in [7, 11) is -3.84. The van der Waals surface area contributed by atoms with Gasteiger partial charge in [-0.15, -0.1) is 0 Å². The molecule has 1 heterocycles. The molecule has 1 aromatic carbocycles. The summed E-state index contributed by atoms with van der Waals surface area (Å²) in [6.07, 6.45) is 0. The van der Waals surface area contributed by atoms with E-state index >= 15 is 0 Å². The van der Waals surface area contributed by atoms with Gasteiger partial charge in [-0.3, -0.25) is 0 Å². The fraction of sp³-hybridized carbons (Fsp3) is 0.0909. The molecule has 0 amide bonds. The van der Waals surface area contributed by atoms with Crippen LogP contribution in [0.3, 0.4) is 0 Å². The van der Waals surface area contributed by atoms with Crippen LogP contribution in [-0.4, -0.2) is 8.42 Å². The SMILES string of the molecule is O=S(=O)(NCc1ccsc1)c1cc(Br)ccc1F. The molecule has 1 aromatic heterocycles. The molecule has 0 saturated heterocycles. The summed E-state index contributed by atoms with van der Waals surface area (Å²) >= 11 is 4.60. The summed E-state index contributed by atoms with van der Waals surface area (Å²) in [5.41, 5.74) is 0.846. The molecule has 0 aliphatic rings. The van der Waals surface area contributed by atoms with Gasteiger partial charge >= 0.3 is 0 Å². The standard InChI is InChI=1S/C11H9BrFNO2S2/c12-9-1-2-10(13)11(5-9)18(15,16)14-6-8-3-4-17-7-8/h1-5,7,14H,6H2. The third-order valence-corrected chi connectivity index (χ3v) is 4.87. The molecule has 0 atom stereocenters. The Morgan fingerprint density at radius 1 is 1.33 bits per heavy atom. The van der Waals surface area contributed by atoms with E-state index in [9.17, 15) is 12.8 Å². The second-order valence-electron chi connectivity index (χ2n) is 3.53. The molecule has 0 radical (unpaired) electrons. The number of sulfonamides is 1. The van der Waals surface area contributed by atoms with Crippen LogP contribution in [0.15, 0.2) is 44.4 Å². The number of benzene rings is 1. The average molecular weight is 350 g/mol. The molecule has 7 heteroatoms. The molecule has 0 spiro atoms. The normalized spacial score (nSPS) is 11.7. The lowest BCUT2D eigenvalue weighted by molar-refractivity contribution is 0.556. The molecule has 96 valence electrons. The van der Waals surface area contributed by atoms with Gasteiger partial charge in [0.2, 0.25) is 10.0 Å². The van der Waals surface area contributed by atoms with Gasteiger partial charge in [-0.1, -0.05) is 15.9 Å². The summed E-state index contributed by atoms with van der Waals surface area (Å²) < 4.78 is 40.2. The van der Waals surface area contributed by atoms with Crippen LogP contribution < -0.4 is 4.72 Å². The Labute approximate surface area is 117 Å². The quantitative estimate of drug-likeness (QED) is 0.921. The van der Waals surface area contributed by atoms with Crippen molar-refractivity contribution in [1.29, 1.82) is 0 Å². The number of hydrogen-bond donors (Lipinski definition) is 1. The van der Waals surface area contributed by atoms with Crippen molar-refractivity contribution in [3.63, 3.8) is 0 Å². The second-order valence-corrected chi connectivity index (χ2v) is 6.96. The topological polar surface area (TPSA) is 46.2 Å². The van der Waals surface area contributed by atoms with E-state index in [1.165, 1.54) is 23.5 Å². The molecule has 3 nitrogen and oxygen atoms in total. The van der Waals surface area contributed by atoms with Crippen molar-refractivity contribution >= 4 is 37.3 Å². The first-order valence-corrected chi connectivity index (χ1v) is 8.17. The maximum Gasteiger partial charge on any atom is 0.243 e. The molecule has 18 heavy (non-hydrogen) atoms. The van der Waals surface area contributed by atoms with Crippen molar-refractivity contribution in [2.24, 2.45) is 0 Å². The Morgan fingerprint density at radius 3 is 2.78 bits per heavy atom. The molecule has 0 bridgehead atoms. The van der Waals surface area contributed by atoms with Gasteiger partial charge in [-0.2, -0.15) is 11.3 Å². The van der Waals surface area contributed by atoms with Crippen LogP contribution in [0.4, 0.5) is 4.39 Å². The van der Waals surface area contributed by atoms with Crippen LogP contribution in [0.1, 0.15) is 5.56 Å². The van der Waals surface area contributed by atoms with E-state index in [2.05, 4.69) is 20.7 Å². The Kier molecular flexibility index (Phi) is 4.16. The van der Waals surface area contributed by atoms with Crippen LogP contribution in [0, 0.1) is 5.82 Å². The van der Waals surface area contributed by atoms with E-state index in [0.717, 1.165) is 11.6 Å². The molecule has 0 saturated carbocycles. The molecular formula is C11H9BrFNO2S2. The Bertz CT molecular complexity index is 641. The van der Waals surface area contributed by atoms with Gasteiger partial charge in [0.25, 0.3) is 0 Å². The van der Waals surface area contributed by atoms with Crippen molar-refractivity contribution in [3.8, 4) is 0 Å². The molecule has 2 rings (SSSR count). The Morgan fingerprint density at radius 2 is 2.11 bits per heavy atom.